The number of nitrogens with one attached hydrogen (secondary N) is 1. The Labute approximate surface area is 115 Å². The Hall–Kier alpha value is -0.0800. The molecule has 1 heterocycles. The second-order valence-corrected chi connectivity index (χ2v) is 6.23. The van der Waals surface area contributed by atoms with Crippen LogP contribution in [0, 0.1) is 11.8 Å². The van der Waals surface area contributed by atoms with E-state index >= 15 is 0 Å². The van der Waals surface area contributed by atoms with Gasteiger partial charge >= 0.3 is 0 Å². The molecule has 108 valence electrons. The van der Waals surface area contributed by atoms with Crippen molar-refractivity contribution in [2.24, 2.45) is 11.8 Å². The molecule has 1 unspecified atom stereocenters. The topological polar surface area (TPSA) is 15.3 Å². The predicted molar refractivity (Wildman–Crippen MR) is 81.0 cm³/mol. The van der Waals surface area contributed by atoms with Gasteiger partial charge in [-0.25, -0.2) is 0 Å². The quantitative estimate of drug-likeness (QED) is 0.667. The number of likely N-dealkylation sites (tertiary alicyclic amines) is 1. The van der Waals surface area contributed by atoms with E-state index in [9.17, 15) is 0 Å². The molecule has 0 aromatic heterocycles. The molecule has 1 rings (SSSR count). The van der Waals surface area contributed by atoms with E-state index in [4.69, 9.17) is 0 Å². The van der Waals surface area contributed by atoms with Crippen LogP contribution in [0.2, 0.25) is 0 Å². The standard InChI is InChI=1S/C16H34N2/c1-4-5-6-10-17-11-14-18-12-7-8-16(9-13-18)15(2)3/h15-17H,4-14H2,1-3H3. The maximum absolute atomic E-state index is 3.58. The third-order valence-electron chi connectivity index (χ3n) is 4.37. The largest absolute Gasteiger partial charge is 0.315 e. The zero-order chi connectivity index (χ0) is 13.2. The van der Waals surface area contributed by atoms with Crippen molar-refractivity contribution in [3.8, 4) is 0 Å². The van der Waals surface area contributed by atoms with Crippen LogP contribution in [0.5, 0.6) is 0 Å². The summed E-state index contributed by atoms with van der Waals surface area (Å²) < 4.78 is 0. The van der Waals surface area contributed by atoms with E-state index in [0.717, 1.165) is 11.8 Å². The molecule has 18 heavy (non-hydrogen) atoms. The lowest BCUT2D eigenvalue weighted by atomic mass is 9.89. The third kappa shape index (κ3) is 6.75. The van der Waals surface area contributed by atoms with E-state index in [1.54, 1.807) is 0 Å². The first-order valence-electron chi connectivity index (χ1n) is 8.17. The van der Waals surface area contributed by atoms with Crippen molar-refractivity contribution in [2.75, 3.05) is 32.7 Å². The highest BCUT2D eigenvalue weighted by Gasteiger charge is 2.18. The van der Waals surface area contributed by atoms with Gasteiger partial charge in [-0.3, -0.25) is 0 Å². The summed E-state index contributed by atoms with van der Waals surface area (Å²) in [6.45, 7) is 13.3. The van der Waals surface area contributed by atoms with E-state index < -0.39 is 0 Å². The molecule has 1 atom stereocenters. The Bertz CT molecular complexity index is 192. The van der Waals surface area contributed by atoms with Gasteiger partial charge in [0, 0.05) is 13.1 Å². The fourth-order valence-electron chi connectivity index (χ4n) is 2.93. The molecular weight excluding hydrogens is 220 g/mol. The Morgan fingerprint density at radius 2 is 1.94 bits per heavy atom. The first kappa shape index (κ1) is 16.0. The first-order valence-corrected chi connectivity index (χ1v) is 8.17. The highest BCUT2D eigenvalue weighted by Crippen LogP contribution is 2.24. The molecule has 0 aromatic rings. The minimum Gasteiger partial charge on any atom is -0.315 e. The van der Waals surface area contributed by atoms with Crippen LogP contribution in [0.4, 0.5) is 0 Å². The smallest absolute Gasteiger partial charge is 0.0107 e. The lowest BCUT2D eigenvalue weighted by molar-refractivity contribution is 0.271. The second-order valence-electron chi connectivity index (χ2n) is 6.23. The van der Waals surface area contributed by atoms with Crippen molar-refractivity contribution in [2.45, 2.75) is 59.3 Å². The maximum atomic E-state index is 3.58. The summed E-state index contributed by atoms with van der Waals surface area (Å²) in [6, 6.07) is 0. The van der Waals surface area contributed by atoms with E-state index in [0.29, 0.717) is 0 Å². The molecule has 1 aliphatic rings. The molecule has 0 aromatic carbocycles. The molecule has 0 saturated carbocycles. The third-order valence-corrected chi connectivity index (χ3v) is 4.37. The maximum Gasteiger partial charge on any atom is 0.0107 e. The Balaban J connectivity index is 2.05. The van der Waals surface area contributed by atoms with Gasteiger partial charge < -0.3 is 10.2 Å². The number of nitrogens with zero attached hydrogens (tertiary/aromatic N) is 1. The fraction of sp³-hybridized carbons (Fsp3) is 1.00. The summed E-state index contributed by atoms with van der Waals surface area (Å²) in [4.78, 5) is 2.66. The molecule has 1 N–H and O–H groups in total. The zero-order valence-corrected chi connectivity index (χ0v) is 12.9. The van der Waals surface area contributed by atoms with Crippen molar-refractivity contribution in [3.05, 3.63) is 0 Å². The van der Waals surface area contributed by atoms with Crippen LogP contribution in [0.1, 0.15) is 59.3 Å². The van der Waals surface area contributed by atoms with E-state index in [2.05, 4.69) is 31.0 Å². The van der Waals surface area contributed by atoms with Crippen LogP contribution < -0.4 is 5.32 Å². The summed E-state index contributed by atoms with van der Waals surface area (Å²) >= 11 is 0. The number of rotatable bonds is 8. The average Bonchev–Trinajstić information content (AvgIpc) is 2.59. The van der Waals surface area contributed by atoms with Crippen LogP contribution in [0.25, 0.3) is 0 Å². The number of unbranched alkanes of at least 4 members (excludes halogenated alkanes) is 2. The number of hydrogen-bond acceptors (Lipinski definition) is 2. The second kappa shape index (κ2) is 9.80. The molecule has 2 nitrogen and oxygen atoms in total. The minimum absolute atomic E-state index is 0.872. The van der Waals surface area contributed by atoms with Gasteiger partial charge in [0.2, 0.25) is 0 Å². The van der Waals surface area contributed by atoms with Gasteiger partial charge in [-0.05, 0) is 57.2 Å². The minimum atomic E-state index is 0.872. The summed E-state index contributed by atoms with van der Waals surface area (Å²) in [5.74, 6) is 1.84. The zero-order valence-electron chi connectivity index (χ0n) is 12.9. The van der Waals surface area contributed by atoms with E-state index in [-0.39, 0.29) is 0 Å². The number of hydrogen-bond donors (Lipinski definition) is 1. The van der Waals surface area contributed by atoms with Crippen LogP contribution in [0.3, 0.4) is 0 Å². The lowest BCUT2D eigenvalue weighted by Gasteiger charge is -2.21. The molecule has 1 aliphatic heterocycles. The van der Waals surface area contributed by atoms with Crippen LogP contribution >= 0.6 is 0 Å². The van der Waals surface area contributed by atoms with Crippen LogP contribution in [0.15, 0.2) is 0 Å². The molecule has 0 bridgehead atoms. The van der Waals surface area contributed by atoms with Crippen LogP contribution in [-0.2, 0) is 0 Å². The van der Waals surface area contributed by atoms with Gasteiger partial charge in [0.05, 0.1) is 0 Å². The fourth-order valence-corrected chi connectivity index (χ4v) is 2.93. The first-order chi connectivity index (χ1) is 8.74. The van der Waals surface area contributed by atoms with Gasteiger partial charge in [0.15, 0.2) is 0 Å². The highest BCUT2D eigenvalue weighted by atomic mass is 15.1. The van der Waals surface area contributed by atoms with Crippen molar-refractivity contribution >= 4 is 0 Å². The predicted octanol–water partition coefficient (Wildman–Crippen LogP) is 3.52. The normalized spacial score (nSPS) is 22.3. The Kier molecular flexibility index (Phi) is 8.70. The molecule has 0 amide bonds. The molecule has 0 spiro atoms. The summed E-state index contributed by atoms with van der Waals surface area (Å²) in [5, 5.41) is 3.58. The van der Waals surface area contributed by atoms with Crippen molar-refractivity contribution in [1.82, 2.24) is 10.2 Å². The van der Waals surface area contributed by atoms with E-state index in [1.807, 2.05) is 0 Å². The lowest BCUT2D eigenvalue weighted by Crippen LogP contribution is -2.33. The Morgan fingerprint density at radius 3 is 2.67 bits per heavy atom. The molecule has 1 saturated heterocycles. The average molecular weight is 254 g/mol. The van der Waals surface area contributed by atoms with Crippen molar-refractivity contribution in [3.63, 3.8) is 0 Å². The SMILES string of the molecule is CCCCCNCCN1CCCC(C(C)C)CC1. The van der Waals surface area contributed by atoms with Gasteiger partial charge in [-0.1, -0.05) is 33.6 Å². The summed E-state index contributed by atoms with van der Waals surface area (Å²) in [6.07, 6.45) is 8.29. The summed E-state index contributed by atoms with van der Waals surface area (Å²) in [7, 11) is 0. The van der Waals surface area contributed by atoms with Crippen molar-refractivity contribution in [1.29, 1.82) is 0 Å². The molecule has 0 radical (unpaired) electrons. The van der Waals surface area contributed by atoms with Gasteiger partial charge in [-0.2, -0.15) is 0 Å². The van der Waals surface area contributed by atoms with Gasteiger partial charge in [0.1, 0.15) is 0 Å². The van der Waals surface area contributed by atoms with Crippen molar-refractivity contribution < 1.29 is 0 Å². The highest BCUT2D eigenvalue weighted by molar-refractivity contribution is 4.72. The Morgan fingerprint density at radius 1 is 1.11 bits per heavy atom. The summed E-state index contributed by atoms with van der Waals surface area (Å²) in [5.41, 5.74) is 0. The van der Waals surface area contributed by atoms with Gasteiger partial charge in [-0.15, -0.1) is 0 Å². The molecule has 2 heteroatoms. The van der Waals surface area contributed by atoms with E-state index in [1.165, 1.54) is 71.2 Å². The molecule has 1 fully saturated rings. The molecular formula is C16H34N2. The molecule has 0 aliphatic carbocycles. The van der Waals surface area contributed by atoms with Crippen LogP contribution in [-0.4, -0.2) is 37.6 Å². The van der Waals surface area contributed by atoms with Gasteiger partial charge in [0.25, 0.3) is 0 Å². The monoisotopic (exact) mass is 254 g/mol.